The summed E-state index contributed by atoms with van der Waals surface area (Å²) in [4.78, 5) is 0. The normalized spacial score (nSPS) is 20.2. The standard InChI is InChI=1S/C16H24BrNO/c1-3-15(13-4-6-14(17)7-5-13)18-12-16(2)8-10-19-11-9-16/h4-7,15,18H,3,8-12H2,1-2H3. The molecule has 1 aromatic rings. The van der Waals surface area contributed by atoms with Gasteiger partial charge in [-0.3, -0.25) is 0 Å². The summed E-state index contributed by atoms with van der Waals surface area (Å²) < 4.78 is 6.60. The van der Waals surface area contributed by atoms with E-state index < -0.39 is 0 Å². The van der Waals surface area contributed by atoms with Crippen LogP contribution in [-0.2, 0) is 4.74 Å². The Morgan fingerprint density at radius 1 is 1.26 bits per heavy atom. The van der Waals surface area contributed by atoms with Gasteiger partial charge in [-0.25, -0.2) is 0 Å². The minimum absolute atomic E-state index is 0.390. The molecule has 106 valence electrons. The van der Waals surface area contributed by atoms with Crippen LogP contribution >= 0.6 is 15.9 Å². The molecule has 1 saturated heterocycles. The Labute approximate surface area is 125 Å². The Morgan fingerprint density at radius 3 is 2.47 bits per heavy atom. The van der Waals surface area contributed by atoms with Gasteiger partial charge in [-0.15, -0.1) is 0 Å². The predicted octanol–water partition coefficient (Wildman–Crippen LogP) is 4.31. The quantitative estimate of drug-likeness (QED) is 0.871. The van der Waals surface area contributed by atoms with Crippen LogP contribution in [0.1, 0.15) is 44.7 Å². The van der Waals surface area contributed by atoms with Crippen molar-refractivity contribution in [1.29, 1.82) is 0 Å². The number of benzene rings is 1. The van der Waals surface area contributed by atoms with Crippen molar-refractivity contribution in [2.24, 2.45) is 5.41 Å². The zero-order valence-corrected chi connectivity index (χ0v) is 13.5. The summed E-state index contributed by atoms with van der Waals surface area (Å²) in [5.74, 6) is 0. The first-order valence-corrected chi connectivity index (χ1v) is 7.99. The summed E-state index contributed by atoms with van der Waals surface area (Å²) in [6.07, 6.45) is 3.45. The SMILES string of the molecule is CCC(NCC1(C)CCOCC1)c1ccc(Br)cc1. The van der Waals surface area contributed by atoms with E-state index in [1.165, 1.54) is 5.56 Å². The zero-order chi connectivity index (χ0) is 13.7. The number of ether oxygens (including phenoxy) is 1. The number of nitrogens with one attached hydrogen (secondary N) is 1. The molecule has 1 atom stereocenters. The fourth-order valence-electron chi connectivity index (χ4n) is 2.60. The summed E-state index contributed by atoms with van der Waals surface area (Å²) in [7, 11) is 0. The smallest absolute Gasteiger partial charge is 0.0471 e. The third-order valence-corrected chi connectivity index (χ3v) is 4.68. The highest BCUT2D eigenvalue weighted by Gasteiger charge is 2.27. The molecule has 1 aliphatic rings. The van der Waals surface area contributed by atoms with Gasteiger partial charge in [-0.2, -0.15) is 0 Å². The molecule has 1 fully saturated rings. The Morgan fingerprint density at radius 2 is 1.89 bits per heavy atom. The van der Waals surface area contributed by atoms with Gasteiger partial charge in [-0.1, -0.05) is 41.9 Å². The minimum Gasteiger partial charge on any atom is -0.381 e. The molecule has 0 saturated carbocycles. The van der Waals surface area contributed by atoms with Crippen LogP contribution in [0, 0.1) is 5.41 Å². The predicted molar refractivity (Wildman–Crippen MR) is 83.3 cm³/mol. The number of rotatable bonds is 5. The maximum Gasteiger partial charge on any atom is 0.0471 e. The molecule has 1 unspecified atom stereocenters. The molecule has 2 rings (SSSR count). The fourth-order valence-corrected chi connectivity index (χ4v) is 2.87. The molecular formula is C16H24BrNO. The molecular weight excluding hydrogens is 302 g/mol. The molecule has 3 heteroatoms. The van der Waals surface area contributed by atoms with Crippen LogP contribution in [0.2, 0.25) is 0 Å². The van der Waals surface area contributed by atoms with E-state index in [1.54, 1.807) is 0 Å². The van der Waals surface area contributed by atoms with Crippen molar-refractivity contribution in [3.8, 4) is 0 Å². The average molecular weight is 326 g/mol. The van der Waals surface area contributed by atoms with Crippen LogP contribution in [-0.4, -0.2) is 19.8 Å². The molecule has 1 aromatic carbocycles. The average Bonchev–Trinajstić information content (AvgIpc) is 2.42. The highest BCUT2D eigenvalue weighted by Crippen LogP contribution is 2.30. The number of halogens is 1. The van der Waals surface area contributed by atoms with Crippen LogP contribution in [0.25, 0.3) is 0 Å². The van der Waals surface area contributed by atoms with Gasteiger partial charge in [0, 0.05) is 30.3 Å². The van der Waals surface area contributed by atoms with Crippen molar-refractivity contribution in [2.75, 3.05) is 19.8 Å². The van der Waals surface area contributed by atoms with Crippen molar-refractivity contribution in [3.05, 3.63) is 34.3 Å². The van der Waals surface area contributed by atoms with Crippen LogP contribution in [0.15, 0.2) is 28.7 Å². The number of hydrogen-bond donors (Lipinski definition) is 1. The summed E-state index contributed by atoms with van der Waals surface area (Å²) in [6.45, 7) is 7.51. The van der Waals surface area contributed by atoms with E-state index in [2.05, 4.69) is 59.4 Å². The Hall–Kier alpha value is -0.380. The number of hydrogen-bond acceptors (Lipinski definition) is 2. The van der Waals surface area contributed by atoms with Crippen molar-refractivity contribution >= 4 is 15.9 Å². The van der Waals surface area contributed by atoms with Gasteiger partial charge in [0.2, 0.25) is 0 Å². The first kappa shape index (κ1) is 15.0. The van der Waals surface area contributed by atoms with E-state index in [1.807, 2.05) is 0 Å². The van der Waals surface area contributed by atoms with Gasteiger partial charge in [0.05, 0.1) is 0 Å². The highest BCUT2D eigenvalue weighted by molar-refractivity contribution is 9.10. The van der Waals surface area contributed by atoms with Crippen LogP contribution in [0.5, 0.6) is 0 Å². The van der Waals surface area contributed by atoms with Gasteiger partial charge in [0.15, 0.2) is 0 Å². The van der Waals surface area contributed by atoms with Crippen molar-refractivity contribution < 1.29 is 4.74 Å². The van der Waals surface area contributed by atoms with Gasteiger partial charge in [-0.05, 0) is 42.4 Å². The van der Waals surface area contributed by atoms with Gasteiger partial charge in [0.1, 0.15) is 0 Å². The topological polar surface area (TPSA) is 21.3 Å². The second-order valence-electron chi connectivity index (χ2n) is 5.82. The summed E-state index contributed by atoms with van der Waals surface area (Å²) >= 11 is 3.49. The first-order chi connectivity index (χ1) is 9.13. The lowest BCUT2D eigenvalue weighted by atomic mass is 9.82. The molecule has 0 spiro atoms. The Bertz CT molecular complexity index is 384. The Kier molecular flexibility index (Phi) is 5.43. The van der Waals surface area contributed by atoms with E-state index >= 15 is 0 Å². The van der Waals surface area contributed by atoms with Gasteiger partial charge >= 0.3 is 0 Å². The molecule has 0 aromatic heterocycles. The Balaban J connectivity index is 1.93. The maximum atomic E-state index is 5.46. The molecule has 0 radical (unpaired) electrons. The van der Waals surface area contributed by atoms with Gasteiger partial charge in [0.25, 0.3) is 0 Å². The van der Waals surface area contributed by atoms with E-state index in [-0.39, 0.29) is 0 Å². The maximum absolute atomic E-state index is 5.46. The monoisotopic (exact) mass is 325 g/mol. The molecule has 1 heterocycles. The van der Waals surface area contributed by atoms with Crippen LogP contribution < -0.4 is 5.32 Å². The van der Waals surface area contributed by atoms with Crippen LogP contribution in [0.4, 0.5) is 0 Å². The van der Waals surface area contributed by atoms with E-state index in [0.29, 0.717) is 11.5 Å². The van der Waals surface area contributed by atoms with E-state index in [4.69, 9.17) is 4.74 Å². The molecule has 0 aliphatic carbocycles. The third kappa shape index (κ3) is 4.30. The molecule has 2 nitrogen and oxygen atoms in total. The summed E-state index contributed by atoms with van der Waals surface area (Å²) in [5.41, 5.74) is 1.77. The molecule has 1 aliphatic heterocycles. The summed E-state index contributed by atoms with van der Waals surface area (Å²) in [6, 6.07) is 9.11. The summed E-state index contributed by atoms with van der Waals surface area (Å²) in [5, 5.41) is 3.74. The van der Waals surface area contributed by atoms with Crippen molar-refractivity contribution in [1.82, 2.24) is 5.32 Å². The highest BCUT2D eigenvalue weighted by atomic mass is 79.9. The lowest BCUT2D eigenvalue weighted by Crippen LogP contribution is -2.38. The third-order valence-electron chi connectivity index (χ3n) is 4.16. The lowest BCUT2D eigenvalue weighted by Gasteiger charge is -2.35. The first-order valence-electron chi connectivity index (χ1n) is 7.19. The molecule has 0 amide bonds. The van der Waals surface area contributed by atoms with Crippen LogP contribution in [0.3, 0.4) is 0 Å². The van der Waals surface area contributed by atoms with Crippen molar-refractivity contribution in [2.45, 2.75) is 39.2 Å². The molecule has 1 N–H and O–H groups in total. The van der Waals surface area contributed by atoms with Crippen molar-refractivity contribution in [3.63, 3.8) is 0 Å². The second-order valence-corrected chi connectivity index (χ2v) is 6.73. The van der Waals surface area contributed by atoms with E-state index in [9.17, 15) is 0 Å². The minimum atomic E-state index is 0.390. The second kappa shape index (κ2) is 6.87. The van der Waals surface area contributed by atoms with Gasteiger partial charge < -0.3 is 10.1 Å². The zero-order valence-electron chi connectivity index (χ0n) is 11.9. The van der Waals surface area contributed by atoms with E-state index in [0.717, 1.165) is 43.5 Å². The molecule has 19 heavy (non-hydrogen) atoms. The lowest BCUT2D eigenvalue weighted by molar-refractivity contribution is 0.0228. The molecule has 0 bridgehead atoms. The fraction of sp³-hybridized carbons (Fsp3) is 0.625. The largest absolute Gasteiger partial charge is 0.381 e.